The van der Waals surface area contributed by atoms with Gasteiger partial charge in [0.25, 0.3) is 5.92 Å². The Hall–Kier alpha value is -1.20. The van der Waals surface area contributed by atoms with E-state index in [9.17, 15) is 8.78 Å². The molecule has 3 nitrogen and oxygen atoms in total. The molecule has 0 radical (unpaired) electrons. The fourth-order valence-corrected chi connectivity index (χ4v) is 1.43. The highest BCUT2D eigenvalue weighted by Crippen LogP contribution is 2.34. The van der Waals surface area contributed by atoms with Gasteiger partial charge in [-0.1, -0.05) is 12.1 Å². The van der Waals surface area contributed by atoms with Gasteiger partial charge in [-0.05, 0) is 6.07 Å². The van der Waals surface area contributed by atoms with Crippen LogP contribution in [-0.4, -0.2) is 12.3 Å². The minimum atomic E-state index is -2.96. The highest BCUT2D eigenvalue weighted by molar-refractivity contribution is 5.42. The number of benzene rings is 1. The topological polar surface area (TPSA) is 41.5 Å². The Morgan fingerprint density at radius 3 is 2.60 bits per heavy atom. The second kappa shape index (κ2) is 4.55. The molecule has 15 heavy (non-hydrogen) atoms. The lowest BCUT2D eigenvalue weighted by molar-refractivity contribution is 0.0155. The van der Waals surface area contributed by atoms with E-state index in [4.69, 9.17) is 9.94 Å². The first-order valence-electron chi connectivity index (χ1n) is 4.42. The SMILES string of the molecule is COc1cccc(C(C)(F)F)c1CNO. The number of ether oxygens (including phenoxy) is 1. The Bertz CT molecular complexity index is 337. The van der Waals surface area contributed by atoms with Crippen molar-refractivity contribution in [1.29, 1.82) is 0 Å². The van der Waals surface area contributed by atoms with Gasteiger partial charge in [0.1, 0.15) is 5.75 Å². The van der Waals surface area contributed by atoms with Gasteiger partial charge in [-0.15, -0.1) is 0 Å². The second-order valence-corrected chi connectivity index (χ2v) is 3.21. The highest BCUT2D eigenvalue weighted by Gasteiger charge is 2.28. The first kappa shape index (κ1) is 11.9. The number of hydroxylamine groups is 1. The molecule has 2 N–H and O–H groups in total. The lowest BCUT2D eigenvalue weighted by Crippen LogP contribution is -2.16. The lowest BCUT2D eigenvalue weighted by atomic mass is 10.0. The van der Waals surface area contributed by atoms with E-state index >= 15 is 0 Å². The van der Waals surface area contributed by atoms with Crippen LogP contribution in [0.15, 0.2) is 18.2 Å². The van der Waals surface area contributed by atoms with Crippen LogP contribution in [0.4, 0.5) is 8.78 Å². The molecule has 0 heterocycles. The minimum Gasteiger partial charge on any atom is -0.496 e. The zero-order valence-corrected chi connectivity index (χ0v) is 8.55. The molecule has 0 aliphatic carbocycles. The van der Waals surface area contributed by atoms with Gasteiger partial charge < -0.3 is 9.94 Å². The summed E-state index contributed by atoms with van der Waals surface area (Å²) in [5, 5.41) is 8.58. The average molecular weight is 217 g/mol. The second-order valence-electron chi connectivity index (χ2n) is 3.21. The van der Waals surface area contributed by atoms with Crippen molar-refractivity contribution < 1.29 is 18.7 Å². The van der Waals surface area contributed by atoms with Crippen LogP contribution in [-0.2, 0) is 12.5 Å². The summed E-state index contributed by atoms with van der Waals surface area (Å²) in [6.07, 6.45) is 0. The fraction of sp³-hybridized carbons (Fsp3) is 0.400. The van der Waals surface area contributed by atoms with Crippen LogP contribution in [0.3, 0.4) is 0 Å². The third-order valence-electron chi connectivity index (χ3n) is 2.08. The molecule has 1 aromatic carbocycles. The molecule has 0 saturated heterocycles. The maximum atomic E-state index is 13.2. The third kappa shape index (κ3) is 2.64. The molecule has 0 aromatic heterocycles. The average Bonchev–Trinajstić information content (AvgIpc) is 2.17. The molecule has 0 aliphatic heterocycles. The lowest BCUT2D eigenvalue weighted by Gasteiger charge is -2.17. The molecule has 0 bridgehead atoms. The third-order valence-corrected chi connectivity index (χ3v) is 2.08. The zero-order valence-electron chi connectivity index (χ0n) is 8.55. The van der Waals surface area contributed by atoms with Gasteiger partial charge in [0, 0.05) is 24.6 Å². The molecule has 1 aromatic rings. The number of rotatable bonds is 4. The summed E-state index contributed by atoms with van der Waals surface area (Å²) in [5.41, 5.74) is 1.97. The quantitative estimate of drug-likeness (QED) is 0.760. The summed E-state index contributed by atoms with van der Waals surface area (Å²) in [4.78, 5) is 0. The molecule has 0 fully saturated rings. The number of nitrogens with one attached hydrogen (secondary N) is 1. The van der Waals surface area contributed by atoms with Crippen LogP contribution in [0.25, 0.3) is 0 Å². The van der Waals surface area contributed by atoms with Crippen molar-refractivity contribution in [2.45, 2.75) is 19.4 Å². The van der Waals surface area contributed by atoms with E-state index in [0.717, 1.165) is 6.92 Å². The van der Waals surface area contributed by atoms with Crippen LogP contribution >= 0.6 is 0 Å². The Morgan fingerprint density at radius 2 is 2.13 bits per heavy atom. The van der Waals surface area contributed by atoms with Crippen LogP contribution < -0.4 is 10.2 Å². The van der Waals surface area contributed by atoms with Gasteiger partial charge >= 0.3 is 0 Å². The zero-order chi connectivity index (χ0) is 11.5. The van der Waals surface area contributed by atoms with Gasteiger partial charge in [0.2, 0.25) is 0 Å². The Kier molecular flexibility index (Phi) is 3.60. The van der Waals surface area contributed by atoms with Crippen molar-refractivity contribution in [2.75, 3.05) is 7.11 Å². The fourth-order valence-electron chi connectivity index (χ4n) is 1.43. The van der Waals surface area contributed by atoms with Gasteiger partial charge in [-0.25, -0.2) is 14.3 Å². The van der Waals surface area contributed by atoms with E-state index in [0.29, 0.717) is 5.75 Å². The van der Waals surface area contributed by atoms with Crippen LogP contribution in [0.5, 0.6) is 5.75 Å². The summed E-state index contributed by atoms with van der Waals surface area (Å²) < 4.78 is 31.3. The molecule has 84 valence electrons. The van der Waals surface area contributed by atoms with E-state index in [1.54, 1.807) is 6.07 Å². The monoisotopic (exact) mass is 217 g/mol. The summed E-state index contributed by atoms with van der Waals surface area (Å²) in [5.74, 6) is -2.63. The van der Waals surface area contributed by atoms with Gasteiger partial charge in [0.05, 0.1) is 7.11 Å². The van der Waals surface area contributed by atoms with Crippen molar-refractivity contribution in [3.8, 4) is 5.75 Å². The van der Waals surface area contributed by atoms with Gasteiger partial charge in [-0.3, -0.25) is 0 Å². The van der Waals surface area contributed by atoms with Crippen molar-refractivity contribution in [3.63, 3.8) is 0 Å². The van der Waals surface area contributed by atoms with E-state index < -0.39 is 5.92 Å². The first-order valence-corrected chi connectivity index (χ1v) is 4.42. The van der Waals surface area contributed by atoms with E-state index in [1.807, 2.05) is 5.48 Å². The smallest absolute Gasteiger partial charge is 0.270 e. The number of hydrogen-bond acceptors (Lipinski definition) is 3. The summed E-state index contributed by atoms with van der Waals surface area (Å²) in [6.45, 7) is 0.728. The summed E-state index contributed by atoms with van der Waals surface area (Å²) in [6, 6.07) is 4.38. The maximum Gasteiger partial charge on any atom is 0.270 e. The number of hydrogen-bond donors (Lipinski definition) is 2. The predicted molar refractivity (Wildman–Crippen MR) is 51.2 cm³/mol. The van der Waals surface area contributed by atoms with E-state index in [1.165, 1.54) is 19.2 Å². The molecule has 5 heteroatoms. The highest BCUT2D eigenvalue weighted by atomic mass is 19.3. The number of halogens is 2. The molecule has 1 rings (SSSR count). The first-order chi connectivity index (χ1) is 7.00. The van der Waals surface area contributed by atoms with E-state index in [2.05, 4.69) is 0 Å². The standard InChI is InChI=1S/C10H13F2NO2/c1-10(11,12)8-4-3-5-9(15-2)7(8)6-13-14/h3-5,13-14H,6H2,1-2H3. The van der Waals surface area contributed by atoms with Crippen LogP contribution in [0.2, 0.25) is 0 Å². The summed E-state index contributed by atoms with van der Waals surface area (Å²) >= 11 is 0. The minimum absolute atomic E-state index is 0.0806. The van der Waals surface area contributed by atoms with Crippen molar-refractivity contribution >= 4 is 0 Å². The molecule has 0 amide bonds. The molecular weight excluding hydrogens is 204 g/mol. The Labute approximate surface area is 86.6 Å². The maximum absolute atomic E-state index is 13.2. The van der Waals surface area contributed by atoms with Crippen LogP contribution in [0, 0.1) is 0 Å². The van der Waals surface area contributed by atoms with Crippen molar-refractivity contribution in [1.82, 2.24) is 5.48 Å². The molecular formula is C10H13F2NO2. The number of methoxy groups -OCH3 is 1. The number of alkyl halides is 2. The predicted octanol–water partition coefficient (Wildman–Crippen LogP) is 2.29. The van der Waals surface area contributed by atoms with Gasteiger partial charge in [0.15, 0.2) is 0 Å². The largest absolute Gasteiger partial charge is 0.496 e. The molecule has 0 atom stereocenters. The van der Waals surface area contributed by atoms with Crippen molar-refractivity contribution in [3.05, 3.63) is 29.3 Å². The normalized spacial score (nSPS) is 11.5. The van der Waals surface area contributed by atoms with E-state index in [-0.39, 0.29) is 17.7 Å². The Balaban J connectivity index is 3.25. The van der Waals surface area contributed by atoms with Gasteiger partial charge in [-0.2, -0.15) is 0 Å². The molecule has 0 spiro atoms. The molecule has 0 aliphatic rings. The molecule has 0 unspecified atom stereocenters. The molecule has 0 saturated carbocycles. The van der Waals surface area contributed by atoms with Crippen molar-refractivity contribution in [2.24, 2.45) is 0 Å². The van der Waals surface area contributed by atoms with Crippen LogP contribution in [0.1, 0.15) is 18.1 Å². The summed E-state index contributed by atoms with van der Waals surface area (Å²) in [7, 11) is 1.40. The Morgan fingerprint density at radius 1 is 1.47 bits per heavy atom.